The summed E-state index contributed by atoms with van der Waals surface area (Å²) in [6.07, 6.45) is 6.02. The summed E-state index contributed by atoms with van der Waals surface area (Å²) < 4.78 is 2.79. The molecule has 100 valence electrons. The van der Waals surface area contributed by atoms with Gasteiger partial charge in [0.15, 0.2) is 0 Å². The number of pyridine rings is 1. The number of aryl methyl sites for hydroxylation is 1. The summed E-state index contributed by atoms with van der Waals surface area (Å²) in [5.74, 6) is -0.00609. The highest BCUT2D eigenvalue weighted by Gasteiger charge is 2.11. The Hall–Kier alpha value is -1.62. The van der Waals surface area contributed by atoms with E-state index in [0.29, 0.717) is 6.42 Å². The zero-order valence-electron chi connectivity index (χ0n) is 10.9. The Kier molecular flexibility index (Phi) is 4.37. The first-order chi connectivity index (χ1) is 9.06. The Bertz CT molecular complexity index is 566. The lowest BCUT2D eigenvalue weighted by molar-refractivity contribution is -0.116. The fourth-order valence-electron chi connectivity index (χ4n) is 1.87. The number of nitrogens with one attached hydrogen (secondary N) is 1. The predicted molar refractivity (Wildman–Crippen MR) is 79.1 cm³/mol. The highest BCUT2D eigenvalue weighted by Crippen LogP contribution is 2.18. The summed E-state index contributed by atoms with van der Waals surface area (Å²) in [6.45, 7) is 3.96. The first-order valence-electron chi connectivity index (χ1n) is 6.10. The number of carbonyl (C=O) groups excluding carboxylic acids is 1. The lowest BCUT2D eigenvalue weighted by atomic mass is 10.2. The summed E-state index contributed by atoms with van der Waals surface area (Å²) in [7, 11) is 0. The quantitative estimate of drug-likeness (QED) is 0.875. The van der Waals surface area contributed by atoms with E-state index in [1.165, 1.54) is 0 Å². The van der Waals surface area contributed by atoms with Crippen molar-refractivity contribution in [3.63, 3.8) is 0 Å². The topological polar surface area (TPSA) is 46.9 Å². The summed E-state index contributed by atoms with van der Waals surface area (Å²) >= 11 is 3.30. The van der Waals surface area contributed by atoms with Gasteiger partial charge < -0.3 is 9.88 Å². The van der Waals surface area contributed by atoms with Gasteiger partial charge >= 0.3 is 0 Å². The van der Waals surface area contributed by atoms with Crippen LogP contribution in [0.4, 0.5) is 5.69 Å². The summed E-state index contributed by atoms with van der Waals surface area (Å²) in [5, 5.41) is 2.89. The average molecular weight is 322 g/mol. The normalized spacial score (nSPS) is 12.2. The van der Waals surface area contributed by atoms with E-state index in [1.807, 2.05) is 49.0 Å². The summed E-state index contributed by atoms with van der Waals surface area (Å²) in [4.78, 5) is 16.1. The third kappa shape index (κ3) is 3.67. The number of halogens is 1. The van der Waals surface area contributed by atoms with E-state index in [9.17, 15) is 4.79 Å². The van der Waals surface area contributed by atoms with Crippen LogP contribution >= 0.6 is 15.9 Å². The number of rotatable bonds is 4. The molecule has 0 aromatic carbocycles. The minimum Gasteiger partial charge on any atom is -0.351 e. The lowest BCUT2D eigenvalue weighted by Gasteiger charge is -2.14. The second-order valence-electron chi connectivity index (χ2n) is 4.55. The second kappa shape index (κ2) is 6.02. The number of amides is 1. The highest BCUT2D eigenvalue weighted by atomic mass is 79.9. The van der Waals surface area contributed by atoms with Crippen molar-refractivity contribution in [2.45, 2.75) is 26.3 Å². The first-order valence-corrected chi connectivity index (χ1v) is 6.90. The molecular formula is C14H16BrN3O. The molecule has 1 N–H and O–H groups in total. The van der Waals surface area contributed by atoms with Crippen LogP contribution in [-0.2, 0) is 4.79 Å². The van der Waals surface area contributed by atoms with Crippen LogP contribution in [0.15, 0.2) is 41.4 Å². The molecule has 2 aromatic heterocycles. The molecule has 0 radical (unpaired) electrons. The van der Waals surface area contributed by atoms with Crippen LogP contribution in [-0.4, -0.2) is 15.5 Å². The molecular weight excluding hydrogens is 306 g/mol. The molecule has 19 heavy (non-hydrogen) atoms. The maximum atomic E-state index is 12.0. The van der Waals surface area contributed by atoms with Crippen molar-refractivity contribution in [1.29, 1.82) is 0 Å². The lowest BCUT2D eigenvalue weighted by Crippen LogP contribution is -2.17. The van der Waals surface area contributed by atoms with Gasteiger partial charge in [-0.25, -0.2) is 4.98 Å². The molecule has 0 aliphatic rings. The number of hydrogen-bond acceptors (Lipinski definition) is 2. The smallest absolute Gasteiger partial charge is 0.226 e. The minimum absolute atomic E-state index is 0.00609. The molecule has 2 heterocycles. The molecule has 0 fully saturated rings. The van der Waals surface area contributed by atoms with Crippen LogP contribution in [0, 0.1) is 6.92 Å². The van der Waals surface area contributed by atoms with Crippen molar-refractivity contribution in [2.75, 3.05) is 5.32 Å². The summed E-state index contributed by atoms with van der Waals surface area (Å²) in [5.41, 5.74) is 1.75. The van der Waals surface area contributed by atoms with E-state index >= 15 is 0 Å². The number of nitrogens with zero attached hydrogens (tertiary/aromatic N) is 2. The fraction of sp³-hybridized carbons (Fsp3) is 0.286. The van der Waals surface area contributed by atoms with E-state index in [-0.39, 0.29) is 11.9 Å². The minimum atomic E-state index is -0.00609. The molecule has 1 amide bonds. The molecule has 0 spiro atoms. The van der Waals surface area contributed by atoms with Crippen molar-refractivity contribution >= 4 is 27.5 Å². The zero-order chi connectivity index (χ0) is 13.8. The number of anilines is 1. The van der Waals surface area contributed by atoms with Crippen molar-refractivity contribution in [3.05, 3.63) is 47.0 Å². The van der Waals surface area contributed by atoms with Crippen molar-refractivity contribution in [1.82, 2.24) is 9.55 Å². The van der Waals surface area contributed by atoms with E-state index < -0.39 is 0 Å². The van der Waals surface area contributed by atoms with Gasteiger partial charge in [0.2, 0.25) is 5.91 Å². The molecule has 1 atom stereocenters. The standard InChI is InChI=1S/C14H16BrN3O/c1-10-7-13(15)16-9-12(10)17-14(19)8-11(2)18-5-3-4-6-18/h3-7,9,11H,8H2,1-2H3,(H,17,19). The Morgan fingerprint density at radius 2 is 2.16 bits per heavy atom. The van der Waals surface area contributed by atoms with E-state index in [1.54, 1.807) is 6.20 Å². The molecule has 2 rings (SSSR count). The van der Waals surface area contributed by atoms with Crippen LogP contribution < -0.4 is 5.32 Å². The Labute approximate surface area is 121 Å². The molecule has 0 saturated heterocycles. The summed E-state index contributed by atoms with van der Waals surface area (Å²) in [6, 6.07) is 5.93. The van der Waals surface area contributed by atoms with Gasteiger partial charge in [-0.2, -0.15) is 0 Å². The molecule has 5 heteroatoms. The van der Waals surface area contributed by atoms with Gasteiger partial charge in [-0.1, -0.05) is 0 Å². The van der Waals surface area contributed by atoms with Gasteiger partial charge in [0.1, 0.15) is 4.60 Å². The first kappa shape index (κ1) is 13.8. The molecule has 0 saturated carbocycles. The largest absolute Gasteiger partial charge is 0.351 e. The molecule has 0 aliphatic heterocycles. The van der Waals surface area contributed by atoms with Gasteiger partial charge in [-0.3, -0.25) is 4.79 Å². The SMILES string of the molecule is Cc1cc(Br)ncc1NC(=O)CC(C)n1cccc1. The number of carbonyl (C=O) groups is 1. The van der Waals surface area contributed by atoms with Gasteiger partial charge in [-0.05, 0) is 53.5 Å². The van der Waals surface area contributed by atoms with Crippen LogP contribution in [0.5, 0.6) is 0 Å². The van der Waals surface area contributed by atoms with Crippen LogP contribution in [0.3, 0.4) is 0 Å². The maximum absolute atomic E-state index is 12.0. The number of hydrogen-bond donors (Lipinski definition) is 1. The Morgan fingerprint density at radius 1 is 1.47 bits per heavy atom. The Balaban J connectivity index is 1.98. The van der Waals surface area contributed by atoms with Gasteiger partial charge in [0.05, 0.1) is 11.9 Å². The zero-order valence-corrected chi connectivity index (χ0v) is 12.5. The van der Waals surface area contributed by atoms with Crippen molar-refractivity contribution < 1.29 is 4.79 Å². The molecule has 2 aromatic rings. The van der Waals surface area contributed by atoms with Gasteiger partial charge in [0.25, 0.3) is 0 Å². The van der Waals surface area contributed by atoms with Crippen LogP contribution in [0.25, 0.3) is 0 Å². The molecule has 1 unspecified atom stereocenters. The Morgan fingerprint density at radius 3 is 2.79 bits per heavy atom. The highest BCUT2D eigenvalue weighted by molar-refractivity contribution is 9.10. The monoisotopic (exact) mass is 321 g/mol. The van der Waals surface area contributed by atoms with Crippen molar-refractivity contribution in [2.24, 2.45) is 0 Å². The van der Waals surface area contributed by atoms with Crippen LogP contribution in [0.1, 0.15) is 24.9 Å². The van der Waals surface area contributed by atoms with E-state index in [0.717, 1.165) is 15.9 Å². The van der Waals surface area contributed by atoms with Gasteiger partial charge in [0, 0.05) is 24.9 Å². The fourth-order valence-corrected chi connectivity index (χ4v) is 2.31. The maximum Gasteiger partial charge on any atom is 0.226 e. The average Bonchev–Trinajstić information content (AvgIpc) is 2.86. The molecule has 0 bridgehead atoms. The second-order valence-corrected chi connectivity index (χ2v) is 5.37. The predicted octanol–water partition coefficient (Wildman–Crippen LogP) is 3.54. The third-order valence-corrected chi connectivity index (χ3v) is 3.40. The van der Waals surface area contributed by atoms with Crippen molar-refractivity contribution in [3.8, 4) is 0 Å². The number of aromatic nitrogens is 2. The van der Waals surface area contributed by atoms with E-state index in [2.05, 4.69) is 26.2 Å². The molecule has 4 nitrogen and oxygen atoms in total. The third-order valence-electron chi connectivity index (χ3n) is 2.97. The van der Waals surface area contributed by atoms with E-state index in [4.69, 9.17) is 0 Å². The van der Waals surface area contributed by atoms with Crippen LogP contribution in [0.2, 0.25) is 0 Å². The molecule has 0 aliphatic carbocycles. The van der Waals surface area contributed by atoms with Gasteiger partial charge in [-0.15, -0.1) is 0 Å².